The molecular formula is C27H25N3O3Y-2. The number of carbonyl (C=O) groups is 1. The van der Waals surface area contributed by atoms with Gasteiger partial charge in [-0.25, -0.2) is 6.57 Å². The van der Waals surface area contributed by atoms with Gasteiger partial charge in [0.2, 0.25) is 5.91 Å². The molecule has 0 aliphatic rings. The first kappa shape index (κ1) is 28.8. The number of nitrogens with one attached hydrogen (secondary N) is 1. The van der Waals surface area contributed by atoms with Gasteiger partial charge < -0.3 is 16.9 Å². The van der Waals surface area contributed by atoms with Crippen molar-refractivity contribution in [3.05, 3.63) is 108 Å². The Bertz CT molecular complexity index is 1220. The molecule has 0 aliphatic carbocycles. The van der Waals surface area contributed by atoms with Crippen LogP contribution < -0.4 is 14.8 Å². The molecule has 1 unspecified atom stereocenters. The van der Waals surface area contributed by atoms with Crippen molar-refractivity contribution in [1.29, 1.82) is 5.26 Å². The van der Waals surface area contributed by atoms with Crippen molar-refractivity contribution in [2.75, 3.05) is 6.61 Å². The van der Waals surface area contributed by atoms with Crippen molar-refractivity contribution in [3.8, 4) is 23.3 Å². The van der Waals surface area contributed by atoms with Crippen molar-refractivity contribution in [2.24, 2.45) is 0 Å². The van der Waals surface area contributed by atoms with E-state index in [9.17, 15) is 10.1 Å². The minimum absolute atomic E-state index is 0. The summed E-state index contributed by atoms with van der Waals surface area (Å²) in [5, 5.41) is 12.0. The van der Waals surface area contributed by atoms with E-state index in [4.69, 9.17) is 16.0 Å². The molecule has 0 saturated heterocycles. The summed E-state index contributed by atoms with van der Waals surface area (Å²) < 4.78 is 11.9. The minimum atomic E-state index is -1.32. The zero-order chi connectivity index (χ0) is 23.1. The van der Waals surface area contributed by atoms with Crippen LogP contribution in [0.25, 0.3) is 4.85 Å². The molecule has 1 atom stereocenters. The third kappa shape index (κ3) is 7.42. The fourth-order valence-corrected chi connectivity index (χ4v) is 2.98. The quantitative estimate of drug-likeness (QED) is 0.402. The number of ether oxygens (including phenoxy) is 2. The number of benzene rings is 3. The number of nitriles is 1. The van der Waals surface area contributed by atoms with E-state index >= 15 is 0 Å². The Hall–Kier alpha value is -3.19. The van der Waals surface area contributed by atoms with E-state index in [2.05, 4.69) is 22.3 Å². The third-order valence-corrected chi connectivity index (χ3v) is 4.74. The van der Waals surface area contributed by atoms with Gasteiger partial charge in [-0.3, -0.25) is 15.0 Å². The summed E-state index contributed by atoms with van der Waals surface area (Å²) in [5.41, 5.74) is 1.56. The average Bonchev–Trinajstić information content (AvgIpc) is 2.80. The molecule has 171 valence electrons. The molecule has 0 aliphatic heterocycles. The van der Waals surface area contributed by atoms with E-state index < -0.39 is 11.6 Å². The van der Waals surface area contributed by atoms with Crippen LogP contribution in [0.4, 0.5) is 0 Å². The zero-order valence-electron chi connectivity index (χ0n) is 19.7. The standard InChI is InChI=1S/C26H22N3O3.CH3.Y/c1-18-10-12-22(19(2)14-18)32-23-13-11-20(16-27)15-24(23)31-17-26(3,28-4)29-25(30)21-8-6-5-7-9-21;;/h6-15H,17H2,1-3H3,(H,29,30);1H3;/q2*-1;. The van der Waals surface area contributed by atoms with Gasteiger partial charge in [0.15, 0.2) is 18.1 Å². The van der Waals surface area contributed by atoms with Crippen LogP contribution in [0.3, 0.4) is 0 Å². The molecule has 0 aromatic heterocycles. The van der Waals surface area contributed by atoms with Crippen LogP contribution >= 0.6 is 0 Å². The minimum Gasteiger partial charge on any atom is -0.479 e. The summed E-state index contributed by atoms with van der Waals surface area (Å²) in [7, 11) is 0. The van der Waals surface area contributed by atoms with Gasteiger partial charge in [-0.05, 0) is 37.6 Å². The fourth-order valence-electron chi connectivity index (χ4n) is 2.98. The van der Waals surface area contributed by atoms with Gasteiger partial charge in [-0.15, -0.1) is 0 Å². The van der Waals surface area contributed by atoms with Gasteiger partial charge in [0.25, 0.3) is 0 Å². The number of rotatable bonds is 7. The van der Waals surface area contributed by atoms with E-state index in [0.717, 1.165) is 11.1 Å². The fraction of sp³-hybridized carbons (Fsp3) is 0.185. The second-order valence-electron chi connectivity index (χ2n) is 7.56. The van der Waals surface area contributed by atoms with Crippen LogP contribution in [0.5, 0.6) is 17.2 Å². The number of hydrogen-bond acceptors (Lipinski definition) is 4. The number of carbonyl (C=O) groups excluding carboxylic acids is 1. The first-order valence-electron chi connectivity index (χ1n) is 9.93. The van der Waals surface area contributed by atoms with Crippen LogP contribution in [0.2, 0.25) is 0 Å². The molecule has 0 heterocycles. The first-order valence-corrected chi connectivity index (χ1v) is 9.93. The molecule has 0 saturated carbocycles. The van der Waals surface area contributed by atoms with Crippen LogP contribution in [0.1, 0.15) is 34.0 Å². The number of nitrogens with zero attached hydrogens (tertiary/aromatic N) is 2. The van der Waals surface area contributed by atoms with Crippen molar-refractivity contribution >= 4 is 5.91 Å². The normalized spacial score (nSPS) is 11.3. The molecule has 1 N–H and O–H groups in total. The predicted molar refractivity (Wildman–Crippen MR) is 127 cm³/mol. The second-order valence-corrected chi connectivity index (χ2v) is 7.56. The van der Waals surface area contributed by atoms with E-state index in [1.807, 2.05) is 32.0 Å². The maximum Gasteiger partial charge on any atom is 0.338 e. The zero-order valence-corrected chi connectivity index (χ0v) is 22.5. The van der Waals surface area contributed by atoms with Crippen molar-refractivity contribution in [3.63, 3.8) is 0 Å². The summed E-state index contributed by atoms with van der Waals surface area (Å²) >= 11 is 0. The molecule has 3 rings (SSSR count). The molecule has 0 spiro atoms. The summed E-state index contributed by atoms with van der Waals surface area (Å²) in [5.74, 6) is 0.988. The van der Waals surface area contributed by atoms with E-state index in [1.165, 1.54) is 0 Å². The van der Waals surface area contributed by atoms with Gasteiger partial charge >= 0.3 is 5.66 Å². The summed E-state index contributed by atoms with van der Waals surface area (Å²) in [6.45, 7) is 13.0. The Balaban J connectivity index is 0.00000289. The molecule has 0 bridgehead atoms. The number of amides is 1. The molecule has 1 amide bonds. The van der Waals surface area contributed by atoms with Gasteiger partial charge in [0.1, 0.15) is 5.75 Å². The number of hydrogen-bond donors (Lipinski definition) is 1. The Kier molecular flexibility index (Phi) is 10.9. The monoisotopic (exact) mass is 528 g/mol. The largest absolute Gasteiger partial charge is 0.479 e. The maximum absolute atomic E-state index is 12.5. The molecule has 1 radical (unpaired) electrons. The maximum atomic E-state index is 12.5. The third-order valence-electron chi connectivity index (χ3n) is 4.74. The predicted octanol–water partition coefficient (Wildman–Crippen LogP) is 5.66. The van der Waals surface area contributed by atoms with Crippen molar-refractivity contribution < 1.29 is 47.0 Å². The van der Waals surface area contributed by atoms with Gasteiger partial charge in [-0.2, -0.15) is 35.6 Å². The number of aryl methyl sites for hydroxylation is 2. The van der Waals surface area contributed by atoms with Crippen molar-refractivity contribution in [2.45, 2.75) is 26.4 Å². The topological polar surface area (TPSA) is 75.7 Å². The van der Waals surface area contributed by atoms with Crippen LogP contribution in [-0.4, -0.2) is 18.2 Å². The summed E-state index contributed by atoms with van der Waals surface area (Å²) in [4.78, 5) is 16.1. The SMILES string of the molecule is [C-]#[N+]C(C)(COc1cc(C#N)ccc1Oc1ccc(C)cc1C)NC(=O)c1cc[c-]cc1.[CH3-].[Y]. The van der Waals surface area contributed by atoms with Crippen LogP contribution in [0, 0.1) is 45.2 Å². The Morgan fingerprint density at radius 2 is 1.79 bits per heavy atom. The summed E-state index contributed by atoms with van der Waals surface area (Å²) in [6.07, 6.45) is 0. The second kappa shape index (κ2) is 12.9. The Labute approximate surface area is 226 Å². The van der Waals surface area contributed by atoms with E-state index in [1.54, 1.807) is 49.4 Å². The summed E-state index contributed by atoms with van der Waals surface area (Å²) in [6, 6.07) is 22.1. The molecule has 6 nitrogen and oxygen atoms in total. The van der Waals surface area contributed by atoms with Gasteiger partial charge in [0, 0.05) is 45.7 Å². The van der Waals surface area contributed by atoms with Gasteiger partial charge in [0.05, 0.1) is 11.6 Å². The van der Waals surface area contributed by atoms with E-state index in [-0.39, 0.29) is 46.7 Å². The van der Waals surface area contributed by atoms with Crippen LogP contribution in [-0.2, 0) is 32.7 Å². The molecular weight excluding hydrogens is 503 g/mol. The Morgan fingerprint density at radius 3 is 2.41 bits per heavy atom. The molecule has 0 fully saturated rings. The van der Waals surface area contributed by atoms with E-state index in [0.29, 0.717) is 28.4 Å². The first-order chi connectivity index (χ1) is 15.3. The average molecular weight is 528 g/mol. The molecule has 34 heavy (non-hydrogen) atoms. The smallest absolute Gasteiger partial charge is 0.338 e. The molecule has 3 aromatic carbocycles. The molecule has 3 aromatic rings. The Morgan fingerprint density at radius 1 is 1.12 bits per heavy atom. The molecule has 7 heteroatoms. The van der Waals surface area contributed by atoms with Crippen LogP contribution in [0.15, 0.2) is 60.7 Å². The van der Waals surface area contributed by atoms with Crippen molar-refractivity contribution in [1.82, 2.24) is 5.32 Å². The van der Waals surface area contributed by atoms with Gasteiger partial charge in [-0.1, -0.05) is 23.3 Å².